The molecule has 98 valence electrons. The lowest BCUT2D eigenvalue weighted by Crippen LogP contribution is -2.36. The summed E-state index contributed by atoms with van der Waals surface area (Å²) in [7, 11) is 0. The SMILES string of the molecule is O=C(c1ccc(Br)cn1)N1CCCC1CCCO. The Hall–Kier alpha value is -0.940. The van der Waals surface area contributed by atoms with Crippen LogP contribution in [-0.2, 0) is 0 Å². The van der Waals surface area contributed by atoms with E-state index in [0.29, 0.717) is 5.69 Å². The first kappa shape index (κ1) is 13.5. The van der Waals surface area contributed by atoms with Gasteiger partial charge in [-0.25, -0.2) is 4.98 Å². The molecular weight excluding hydrogens is 296 g/mol. The lowest BCUT2D eigenvalue weighted by molar-refractivity contribution is 0.0718. The quantitative estimate of drug-likeness (QED) is 0.927. The van der Waals surface area contributed by atoms with Gasteiger partial charge in [-0.3, -0.25) is 4.79 Å². The minimum atomic E-state index is 0.00272. The summed E-state index contributed by atoms with van der Waals surface area (Å²) in [5.41, 5.74) is 0.495. The molecule has 1 aromatic heterocycles. The van der Waals surface area contributed by atoms with Crippen LogP contribution in [0.2, 0.25) is 0 Å². The smallest absolute Gasteiger partial charge is 0.272 e. The van der Waals surface area contributed by atoms with Gasteiger partial charge < -0.3 is 10.0 Å². The fraction of sp³-hybridized carbons (Fsp3) is 0.538. The van der Waals surface area contributed by atoms with E-state index in [1.54, 1.807) is 12.3 Å². The highest BCUT2D eigenvalue weighted by Gasteiger charge is 2.29. The molecule has 2 heterocycles. The van der Waals surface area contributed by atoms with Crippen molar-refractivity contribution in [2.75, 3.05) is 13.2 Å². The predicted octanol–water partition coefficient (Wildman–Crippen LogP) is 2.22. The Morgan fingerprint density at radius 2 is 2.39 bits per heavy atom. The van der Waals surface area contributed by atoms with Crippen LogP contribution in [0.15, 0.2) is 22.8 Å². The molecule has 5 heteroatoms. The summed E-state index contributed by atoms with van der Waals surface area (Å²) in [6.07, 6.45) is 5.34. The first-order chi connectivity index (χ1) is 8.72. The molecule has 1 aliphatic rings. The van der Waals surface area contributed by atoms with Crippen LogP contribution >= 0.6 is 15.9 Å². The van der Waals surface area contributed by atoms with Gasteiger partial charge in [0.25, 0.3) is 5.91 Å². The van der Waals surface area contributed by atoms with Gasteiger partial charge in [0.15, 0.2) is 0 Å². The molecule has 1 aliphatic heterocycles. The molecule has 18 heavy (non-hydrogen) atoms. The first-order valence-electron chi connectivity index (χ1n) is 6.26. The molecule has 1 amide bonds. The topological polar surface area (TPSA) is 53.4 Å². The molecule has 0 spiro atoms. The summed E-state index contributed by atoms with van der Waals surface area (Å²) in [6, 6.07) is 3.84. The summed E-state index contributed by atoms with van der Waals surface area (Å²) < 4.78 is 0.873. The molecule has 1 fully saturated rings. The molecule has 1 atom stereocenters. The van der Waals surface area contributed by atoms with Crippen molar-refractivity contribution in [2.24, 2.45) is 0 Å². The number of rotatable bonds is 4. The highest BCUT2D eigenvalue weighted by atomic mass is 79.9. The molecule has 1 aromatic rings. The maximum Gasteiger partial charge on any atom is 0.272 e. The van der Waals surface area contributed by atoms with Gasteiger partial charge in [-0.15, -0.1) is 0 Å². The fourth-order valence-electron chi connectivity index (χ4n) is 2.38. The van der Waals surface area contributed by atoms with E-state index in [9.17, 15) is 4.79 Å². The molecule has 1 saturated heterocycles. The highest BCUT2D eigenvalue weighted by Crippen LogP contribution is 2.23. The second-order valence-corrected chi connectivity index (χ2v) is 5.44. The first-order valence-corrected chi connectivity index (χ1v) is 7.05. The number of pyridine rings is 1. The summed E-state index contributed by atoms with van der Waals surface area (Å²) in [5, 5.41) is 8.88. The number of nitrogens with zero attached hydrogens (tertiary/aromatic N) is 2. The van der Waals surface area contributed by atoms with Crippen LogP contribution in [0.5, 0.6) is 0 Å². The van der Waals surface area contributed by atoms with E-state index in [1.165, 1.54) is 0 Å². The standard InChI is InChI=1S/C13H17BrN2O2/c14-10-5-6-12(15-9-10)13(18)16-7-1-3-11(16)4-2-8-17/h5-6,9,11,17H,1-4,7-8H2. The number of hydrogen-bond acceptors (Lipinski definition) is 3. The minimum Gasteiger partial charge on any atom is -0.396 e. The number of aliphatic hydroxyl groups is 1. The van der Waals surface area contributed by atoms with Crippen LogP contribution in [0.1, 0.15) is 36.2 Å². The van der Waals surface area contributed by atoms with Crippen molar-refractivity contribution >= 4 is 21.8 Å². The molecule has 4 nitrogen and oxygen atoms in total. The van der Waals surface area contributed by atoms with Crippen molar-refractivity contribution in [3.8, 4) is 0 Å². The third kappa shape index (κ3) is 3.09. The fourth-order valence-corrected chi connectivity index (χ4v) is 2.61. The molecule has 1 N–H and O–H groups in total. The molecular formula is C13H17BrN2O2. The number of amides is 1. The maximum absolute atomic E-state index is 12.3. The largest absolute Gasteiger partial charge is 0.396 e. The van der Waals surface area contributed by atoms with Gasteiger partial charge in [-0.1, -0.05) is 0 Å². The Kier molecular flexibility index (Phi) is 4.72. The van der Waals surface area contributed by atoms with Crippen LogP contribution < -0.4 is 0 Å². The summed E-state index contributed by atoms with van der Waals surface area (Å²) in [6.45, 7) is 0.988. The zero-order valence-electron chi connectivity index (χ0n) is 10.2. The van der Waals surface area contributed by atoms with Crippen molar-refractivity contribution < 1.29 is 9.90 Å². The number of aliphatic hydroxyl groups excluding tert-OH is 1. The van der Waals surface area contributed by atoms with E-state index >= 15 is 0 Å². The van der Waals surface area contributed by atoms with Gasteiger partial charge in [-0.2, -0.15) is 0 Å². The van der Waals surface area contributed by atoms with Crippen molar-refractivity contribution in [1.29, 1.82) is 0 Å². The molecule has 0 aromatic carbocycles. The molecule has 2 rings (SSSR count). The molecule has 0 aliphatic carbocycles. The number of hydrogen-bond donors (Lipinski definition) is 1. The number of likely N-dealkylation sites (tertiary alicyclic amines) is 1. The van der Waals surface area contributed by atoms with Crippen LogP contribution in [-0.4, -0.2) is 40.1 Å². The number of carbonyl (C=O) groups excluding carboxylic acids is 1. The maximum atomic E-state index is 12.3. The summed E-state index contributed by atoms with van der Waals surface area (Å²) in [5.74, 6) is 0.00272. The Labute approximate surface area is 115 Å². The number of carbonyl (C=O) groups is 1. The van der Waals surface area contributed by atoms with Crippen molar-refractivity contribution in [1.82, 2.24) is 9.88 Å². The van der Waals surface area contributed by atoms with Crippen molar-refractivity contribution in [2.45, 2.75) is 31.7 Å². The van der Waals surface area contributed by atoms with E-state index in [-0.39, 0.29) is 18.6 Å². The van der Waals surface area contributed by atoms with E-state index in [2.05, 4.69) is 20.9 Å². The second-order valence-electron chi connectivity index (χ2n) is 4.52. The lowest BCUT2D eigenvalue weighted by Gasteiger charge is -2.24. The van der Waals surface area contributed by atoms with Gasteiger partial charge in [0.05, 0.1) is 0 Å². The lowest BCUT2D eigenvalue weighted by atomic mass is 10.1. The molecule has 0 bridgehead atoms. The molecule has 1 unspecified atom stereocenters. The average molecular weight is 313 g/mol. The van der Waals surface area contributed by atoms with Crippen LogP contribution in [0, 0.1) is 0 Å². The average Bonchev–Trinajstić information content (AvgIpc) is 2.84. The highest BCUT2D eigenvalue weighted by molar-refractivity contribution is 9.10. The van der Waals surface area contributed by atoms with E-state index in [4.69, 9.17) is 5.11 Å². The predicted molar refractivity (Wildman–Crippen MR) is 72.3 cm³/mol. The minimum absolute atomic E-state index is 0.00272. The Balaban J connectivity index is 2.05. The van der Waals surface area contributed by atoms with Gasteiger partial charge >= 0.3 is 0 Å². The monoisotopic (exact) mass is 312 g/mol. The van der Waals surface area contributed by atoms with Crippen LogP contribution in [0.4, 0.5) is 0 Å². The summed E-state index contributed by atoms with van der Waals surface area (Å²) in [4.78, 5) is 18.4. The zero-order chi connectivity index (χ0) is 13.0. The second kappa shape index (κ2) is 6.29. The Bertz CT molecular complexity index is 408. The van der Waals surface area contributed by atoms with Crippen molar-refractivity contribution in [3.05, 3.63) is 28.5 Å². The third-order valence-corrected chi connectivity index (χ3v) is 3.75. The normalized spacial score (nSPS) is 19.2. The summed E-state index contributed by atoms with van der Waals surface area (Å²) >= 11 is 3.31. The Morgan fingerprint density at radius 1 is 1.56 bits per heavy atom. The van der Waals surface area contributed by atoms with Gasteiger partial charge in [0.2, 0.25) is 0 Å². The van der Waals surface area contributed by atoms with Gasteiger partial charge in [0, 0.05) is 29.9 Å². The van der Waals surface area contributed by atoms with Crippen molar-refractivity contribution in [3.63, 3.8) is 0 Å². The molecule has 0 radical (unpaired) electrons. The molecule has 0 saturated carbocycles. The van der Waals surface area contributed by atoms with Gasteiger partial charge in [0.1, 0.15) is 5.69 Å². The zero-order valence-corrected chi connectivity index (χ0v) is 11.8. The van der Waals surface area contributed by atoms with Crippen LogP contribution in [0.25, 0.3) is 0 Å². The Morgan fingerprint density at radius 3 is 3.06 bits per heavy atom. The van der Waals surface area contributed by atoms with E-state index in [1.807, 2.05) is 11.0 Å². The number of halogens is 1. The van der Waals surface area contributed by atoms with Crippen LogP contribution in [0.3, 0.4) is 0 Å². The van der Waals surface area contributed by atoms with E-state index < -0.39 is 0 Å². The third-order valence-electron chi connectivity index (χ3n) is 3.28. The number of aromatic nitrogens is 1. The van der Waals surface area contributed by atoms with E-state index in [0.717, 1.165) is 36.7 Å². The van der Waals surface area contributed by atoms with Gasteiger partial charge in [-0.05, 0) is 53.7 Å².